The highest BCUT2D eigenvalue weighted by atomic mass is 19.1. The van der Waals surface area contributed by atoms with Crippen LogP contribution in [0.4, 0.5) is 4.39 Å². The third kappa shape index (κ3) is 3.83. The van der Waals surface area contributed by atoms with Crippen LogP contribution in [0.15, 0.2) is 60.7 Å². The van der Waals surface area contributed by atoms with Gasteiger partial charge in [-0.1, -0.05) is 30.3 Å². The van der Waals surface area contributed by atoms with E-state index in [9.17, 15) is 14.0 Å². The number of rotatable bonds is 4. The highest BCUT2D eigenvalue weighted by Crippen LogP contribution is 2.34. The van der Waals surface area contributed by atoms with Crippen molar-refractivity contribution in [1.82, 2.24) is 14.5 Å². The largest absolute Gasteiger partial charge is 0.468 e. The lowest BCUT2D eigenvalue weighted by Crippen LogP contribution is -2.36. The lowest BCUT2D eigenvalue weighted by molar-refractivity contribution is -0.141. The van der Waals surface area contributed by atoms with Crippen LogP contribution >= 0.6 is 0 Å². The molecule has 0 spiro atoms. The fraction of sp³-hybridized carbons (Fsp3) is 0.222. The number of benzene rings is 2. The summed E-state index contributed by atoms with van der Waals surface area (Å²) >= 11 is 0. The number of hydrogen-bond donors (Lipinski definition) is 0. The van der Waals surface area contributed by atoms with Gasteiger partial charge < -0.3 is 14.2 Å². The number of carbonyl (C=O) groups excluding carboxylic acids is 2. The minimum absolute atomic E-state index is 0.0292. The molecule has 1 amide bonds. The summed E-state index contributed by atoms with van der Waals surface area (Å²) in [6.45, 7) is 2.89. The Morgan fingerprint density at radius 2 is 1.94 bits per heavy atom. The van der Waals surface area contributed by atoms with Crippen molar-refractivity contribution in [3.63, 3.8) is 0 Å². The highest BCUT2D eigenvalue weighted by molar-refractivity contribution is 5.99. The smallest absolute Gasteiger partial charge is 0.325 e. The third-order valence-electron chi connectivity index (χ3n) is 6.38. The molecule has 0 aliphatic carbocycles. The van der Waals surface area contributed by atoms with Crippen LogP contribution < -0.4 is 0 Å². The Balaban J connectivity index is 1.51. The summed E-state index contributed by atoms with van der Waals surface area (Å²) in [4.78, 5) is 31.7. The van der Waals surface area contributed by atoms with Crippen LogP contribution in [-0.2, 0) is 16.1 Å². The molecule has 6 nitrogen and oxygen atoms in total. The van der Waals surface area contributed by atoms with E-state index in [0.29, 0.717) is 30.6 Å². The number of aromatic nitrogens is 2. The molecule has 0 saturated heterocycles. The number of ether oxygens (including phenoxy) is 1. The maximum absolute atomic E-state index is 14.2. The molecule has 1 aliphatic rings. The van der Waals surface area contributed by atoms with Gasteiger partial charge in [-0.3, -0.25) is 9.59 Å². The molecular weight excluding hydrogens is 433 g/mol. The molecule has 0 unspecified atom stereocenters. The van der Waals surface area contributed by atoms with E-state index in [-0.39, 0.29) is 24.2 Å². The zero-order chi connectivity index (χ0) is 23.8. The lowest BCUT2D eigenvalue weighted by Gasteiger charge is -2.27. The number of pyridine rings is 1. The summed E-state index contributed by atoms with van der Waals surface area (Å²) in [5.41, 5.74) is 4.53. The van der Waals surface area contributed by atoms with Gasteiger partial charge >= 0.3 is 5.97 Å². The molecule has 5 rings (SSSR count). The number of nitrogens with zero attached hydrogens (tertiary/aromatic N) is 3. The van der Waals surface area contributed by atoms with Crippen molar-refractivity contribution < 1.29 is 18.7 Å². The third-order valence-corrected chi connectivity index (χ3v) is 6.38. The van der Waals surface area contributed by atoms with E-state index in [0.717, 1.165) is 33.3 Å². The van der Waals surface area contributed by atoms with Crippen molar-refractivity contribution in [2.45, 2.75) is 19.9 Å². The summed E-state index contributed by atoms with van der Waals surface area (Å²) in [5.74, 6) is -0.875. The standard InChI is InChI=1S/C27H24FN3O3/c1-17-26(21-14-20(28)10-12-24(21)31(17)16-25(32)34-2)19-7-5-13-30(15-19)27(33)23-11-9-18-6-3-4-8-22(18)29-23/h3-4,6-12,14H,5,13,15-16H2,1-2H3. The maximum Gasteiger partial charge on any atom is 0.325 e. The average Bonchev–Trinajstić information content (AvgIpc) is 3.13. The summed E-state index contributed by atoms with van der Waals surface area (Å²) in [6.07, 6.45) is 2.76. The number of methoxy groups -OCH3 is 1. The fourth-order valence-corrected chi connectivity index (χ4v) is 4.70. The Hall–Kier alpha value is -4.00. The number of para-hydroxylation sites is 1. The van der Waals surface area contributed by atoms with Gasteiger partial charge in [0.05, 0.1) is 12.6 Å². The summed E-state index contributed by atoms with van der Waals surface area (Å²) in [6, 6.07) is 15.9. The molecule has 0 saturated carbocycles. The second-order valence-corrected chi connectivity index (χ2v) is 8.42. The van der Waals surface area contributed by atoms with Crippen LogP contribution in [0.3, 0.4) is 0 Å². The van der Waals surface area contributed by atoms with E-state index in [1.165, 1.54) is 19.2 Å². The summed E-state index contributed by atoms with van der Waals surface area (Å²) in [5, 5.41) is 1.69. The first kappa shape index (κ1) is 21.8. The van der Waals surface area contributed by atoms with E-state index in [2.05, 4.69) is 11.1 Å². The number of esters is 1. The molecule has 0 radical (unpaired) electrons. The summed E-state index contributed by atoms with van der Waals surface area (Å²) in [7, 11) is 1.35. The van der Waals surface area contributed by atoms with Gasteiger partial charge in [-0.25, -0.2) is 9.37 Å². The maximum atomic E-state index is 14.2. The molecule has 172 valence electrons. The van der Waals surface area contributed by atoms with Crippen LogP contribution in [0.1, 0.15) is 28.2 Å². The van der Waals surface area contributed by atoms with Gasteiger partial charge in [0.2, 0.25) is 0 Å². The minimum atomic E-state index is -0.382. The highest BCUT2D eigenvalue weighted by Gasteiger charge is 2.26. The molecule has 7 heteroatoms. The number of halogens is 1. The van der Waals surface area contributed by atoms with Crippen molar-refractivity contribution in [2.24, 2.45) is 0 Å². The monoisotopic (exact) mass is 457 g/mol. The number of hydrogen-bond acceptors (Lipinski definition) is 4. The molecule has 34 heavy (non-hydrogen) atoms. The molecule has 0 N–H and O–H groups in total. The Labute approximate surface area is 196 Å². The molecular formula is C27H24FN3O3. The van der Waals surface area contributed by atoms with Gasteiger partial charge in [0.1, 0.15) is 18.1 Å². The van der Waals surface area contributed by atoms with E-state index >= 15 is 0 Å². The minimum Gasteiger partial charge on any atom is -0.468 e. The van der Waals surface area contributed by atoms with Crippen LogP contribution in [0.5, 0.6) is 0 Å². The number of carbonyl (C=O) groups is 2. The molecule has 2 aromatic heterocycles. The Kier molecular flexibility index (Phi) is 5.61. The zero-order valence-electron chi connectivity index (χ0n) is 19.0. The van der Waals surface area contributed by atoms with Crippen LogP contribution in [0.2, 0.25) is 0 Å². The van der Waals surface area contributed by atoms with Gasteiger partial charge in [0, 0.05) is 40.6 Å². The fourth-order valence-electron chi connectivity index (χ4n) is 4.70. The lowest BCUT2D eigenvalue weighted by atomic mass is 9.98. The van der Waals surface area contributed by atoms with Crippen LogP contribution in [0, 0.1) is 12.7 Å². The normalized spacial score (nSPS) is 13.9. The molecule has 0 fully saturated rings. The van der Waals surface area contributed by atoms with Crippen molar-refractivity contribution in [3.05, 3.63) is 83.4 Å². The Bertz CT molecular complexity index is 1470. The molecule has 0 atom stereocenters. The van der Waals surface area contributed by atoms with Gasteiger partial charge in [0.15, 0.2) is 0 Å². The van der Waals surface area contributed by atoms with E-state index < -0.39 is 0 Å². The molecule has 0 bridgehead atoms. The zero-order valence-corrected chi connectivity index (χ0v) is 19.0. The predicted octanol–water partition coefficient (Wildman–Crippen LogP) is 4.74. The summed E-state index contributed by atoms with van der Waals surface area (Å²) < 4.78 is 20.9. The van der Waals surface area contributed by atoms with E-state index in [1.807, 2.05) is 41.8 Å². The van der Waals surface area contributed by atoms with Crippen molar-refractivity contribution in [1.29, 1.82) is 0 Å². The first-order valence-corrected chi connectivity index (χ1v) is 11.2. The van der Waals surface area contributed by atoms with Gasteiger partial charge in [-0.15, -0.1) is 0 Å². The second-order valence-electron chi connectivity index (χ2n) is 8.42. The van der Waals surface area contributed by atoms with E-state index in [1.54, 1.807) is 17.0 Å². The topological polar surface area (TPSA) is 64.4 Å². The quantitative estimate of drug-likeness (QED) is 0.415. The van der Waals surface area contributed by atoms with Gasteiger partial charge in [0.25, 0.3) is 5.91 Å². The first-order valence-electron chi connectivity index (χ1n) is 11.2. The first-order chi connectivity index (χ1) is 16.5. The predicted molar refractivity (Wildman–Crippen MR) is 129 cm³/mol. The SMILES string of the molecule is COC(=O)Cn1c(C)c(C2=CCCN(C(=O)c3ccc4ccccc4n3)C2)c2cc(F)ccc21. The molecule has 1 aliphatic heterocycles. The van der Waals surface area contributed by atoms with Crippen molar-refractivity contribution in [3.8, 4) is 0 Å². The van der Waals surface area contributed by atoms with Crippen LogP contribution in [-0.4, -0.2) is 46.5 Å². The second kappa shape index (κ2) is 8.74. The van der Waals surface area contributed by atoms with Crippen LogP contribution in [0.25, 0.3) is 27.4 Å². The Morgan fingerprint density at radius 3 is 2.76 bits per heavy atom. The molecule has 2 aromatic carbocycles. The molecule has 4 aromatic rings. The number of fused-ring (bicyclic) bond motifs is 2. The van der Waals surface area contributed by atoms with E-state index in [4.69, 9.17) is 4.74 Å². The Morgan fingerprint density at radius 1 is 1.12 bits per heavy atom. The molecule has 3 heterocycles. The van der Waals surface area contributed by atoms with Gasteiger partial charge in [-0.05, 0) is 49.2 Å². The number of amides is 1. The average molecular weight is 458 g/mol. The van der Waals surface area contributed by atoms with Crippen molar-refractivity contribution in [2.75, 3.05) is 20.2 Å². The van der Waals surface area contributed by atoms with Crippen molar-refractivity contribution >= 4 is 39.3 Å². The van der Waals surface area contributed by atoms with Gasteiger partial charge in [-0.2, -0.15) is 0 Å².